The van der Waals surface area contributed by atoms with E-state index in [0.29, 0.717) is 17.5 Å². The van der Waals surface area contributed by atoms with E-state index in [4.69, 9.17) is 4.42 Å². The van der Waals surface area contributed by atoms with Gasteiger partial charge >= 0.3 is 6.03 Å². The van der Waals surface area contributed by atoms with Crippen molar-refractivity contribution < 1.29 is 14.0 Å². The number of aromatic nitrogens is 2. The molecule has 0 aliphatic heterocycles. The smallest absolute Gasteiger partial charge is 0.321 e. The fourth-order valence-electron chi connectivity index (χ4n) is 2.20. The van der Waals surface area contributed by atoms with Crippen molar-refractivity contribution in [1.29, 1.82) is 0 Å². The van der Waals surface area contributed by atoms with Crippen LogP contribution in [0.25, 0.3) is 0 Å². The van der Waals surface area contributed by atoms with Crippen molar-refractivity contribution in [3.05, 3.63) is 41.8 Å². The molecule has 0 saturated carbocycles. The number of imide groups is 1. The summed E-state index contributed by atoms with van der Waals surface area (Å²) >= 11 is 1.10. The fraction of sp³-hybridized carbons (Fsp3) is 0.444. The summed E-state index contributed by atoms with van der Waals surface area (Å²) in [7, 11) is 0. The molecule has 0 aliphatic carbocycles. The normalized spacial score (nSPS) is 12.5. The lowest BCUT2D eigenvalue weighted by Gasteiger charge is -2.20. The molecule has 1 heterocycles. The molecular weight excluding hydrogens is 352 g/mol. The number of carbonyl (C=O) groups excluding carboxylic acids is 2. The van der Waals surface area contributed by atoms with E-state index >= 15 is 0 Å². The van der Waals surface area contributed by atoms with Crippen LogP contribution in [0, 0.1) is 0 Å². The molecule has 1 unspecified atom stereocenters. The minimum Gasteiger partial charge on any atom is -0.416 e. The number of rotatable bonds is 6. The average Bonchev–Trinajstić information content (AvgIpc) is 2.99. The summed E-state index contributed by atoms with van der Waals surface area (Å²) in [6.45, 7) is 7.60. The van der Waals surface area contributed by atoms with Crippen molar-refractivity contribution in [3.63, 3.8) is 0 Å². The summed E-state index contributed by atoms with van der Waals surface area (Å²) in [4.78, 5) is 23.4. The first kappa shape index (κ1) is 20.0. The number of nitrogens with zero attached hydrogens (tertiary/aromatic N) is 2. The van der Waals surface area contributed by atoms with Gasteiger partial charge in [0.15, 0.2) is 0 Å². The zero-order valence-electron chi connectivity index (χ0n) is 15.4. The quantitative estimate of drug-likeness (QED) is 0.752. The minimum atomic E-state index is -0.522. The number of thioether (sulfide) groups is 1. The van der Waals surface area contributed by atoms with Crippen molar-refractivity contribution in [3.8, 4) is 0 Å². The average molecular weight is 376 g/mol. The lowest BCUT2D eigenvalue weighted by Crippen LogP contribution is -2.48. The molecule has 0 saturated heterocycles. The van der Waals surface area contributed by atoms with Crippen molar-refractivity contribution >= 4 is 23.7 Å². The highest BCUT2D eigenvalue weighted by molar-refractivity contribution is 7.99. The van der Waals surface area contributed by atoms with Crippen LogP contribution >= 0.6 is 11.8 Å². The van der Waals surface area contributed by atoms with Crippen LogP contribution in [0.1, 0.15) is 45.1 Å². The SMILES string of the molecule is CC(Cc1nnc(SCC(=O)NC(=O)NC(C)(C)C)o1)c1ccccc1. The Bertz CT molecular complexity index is 740. The molecule has 7 nitrogen and oxygen atoms in total. The highest BCUT2D eigenvalue weighted by atomic mass is 32.2. The number of hydrogen-bond donors (Lipinski definition) is 2. The summed E-state index contributed by atoms with van der Waals surface area (Å²) in [5.41, 5.74) is 0.790. The maximum Gasteiger partial charge on any atom is 0.321 e. The van der Waals surface area contributed by atoms with Crippen molar-refractivity contribution in [2.45, 2.75) is 50.8 Å². The van der Waals surface area contributed by atoms with Crippen molar-refractivity contribution in [2.24, 2.45) is 0 Å². The number of hydrogen-bond acceptors (Lipinski definition) is 6. The van der Waals surface area contributed by atoms with Crippen molar-refractivity contribution in [2.75, 3.05) is 5.75 Å². The van der Waals surface area contributed by atoms with Crippen LogP contribution in [-0.4, -0.2) is 33.4 Å². The second-order valence-corrected chi connectivity index (χ2v) is 7.95. The Morgan fingerprint density at radius 1 is 1.19 bits per heavy atom. The van der Waals surface area contributed by atoms with E-state index in [1.165, 1.54) is 5.56 Å². The molecule has 2 N–H and O–H groups in total. The van der Waals surface area contributed by atoms with Crippen LogP contribution in [0.15, 0.2) is 40.0 Å². The molecule has 140 valence electrons. The highest BCUT2D eigenvalue weighted by Gasteiger charge is 2.17. The van der Waals surface area contributed by atoms with Crippen LogP contribution in [-0.2, 0) is 11.2 Å². The maximum atomic E-state index is 11.8. The molecule has 2 aromatic rings. The molecule has 1 aromatic carbocycles. The Labute approximate surface area is 157 Å². The Morgan fingerprint density at radius 3 is 2.54 bits per heavy atom. The predicted octanol–water partition coefficient (Wildman–Crippen LogP) is 3.13. The number of carbonyl (C=O) groups is 2. The highest BCUT2D eigenvalue weighted by Crippen LogP contribution is 2.22. The molecule has 8 heteroatoms. The summed E-state index contributed by atoms with van der Waals surface area (Å²) in [6, 6.07) is 9.56. The first-order valence-corrected chi connectivity index (χ1v) is 9.33. The van der Waals surface area contributed by atoms with Gasteiger partial charge in [-0.15, -0.1) is 10.2 Å². The van der Waals surface area contributed by atoms with Gasteiger partial charge < -0.3 is 9.73 Å². The van der Waals surface area contributed by atoms with Gasteiger partial charge in [-0.25, -0.2) is 4.79 Å². The molecule has 0 radical (unpaired) electrons. The van der Waals surface area contributed by atoms with Gasteiger partial charge in [-0.1, -0.05) is 49.0 Å². The lowest BCUT2D eigenvalue weighted by atomic mass is 9.98. The number of amides is 3. The Hall–Kier alpha value is -2.35. The third-order valence-corrected chi connectivity index (χ3v) is 4.18. The van der Waals surface area contributed by atoms with Crippen LogP contribution in [0.3, 0.4) is 0 Å². The Balaban J connectivity index is 1.79. The van der Waals surface area contributed by atoms with Crippen LogP contribution in [0.5, 0.6) is 0 Å². The maximum absolute atomic E-state index is 11.8. The van der Waals surface area contributed by atoms with E-state index in [-0.39, 0.29) is 11.7 Å². The Morgan fingerprint density at radius 2 is 1.88 bits per heavy atom. The summed E-state index contributed by atoms with van der Waals surface area (Å²) in [5.74, 6) is 0.371. The third-order valence-electron chi connectivity index (χ3n) is 3.37. The molecule has 0 spiro atoms. The van der Waals surface area contributed by atoms with E-state index in [9.17, 15) is 9.59 Å². The zero-order valence-corrected chi connectivity index (χ0v) is 16.2. The number of urea groups is 1. The van der Waals surface area contributed by atoms with Crippen molar-refractivity contribution in [1.82, 2.24) is 20.8 Å². The fourth-order valence-corrected chi connectivity index (χ4v) is 2.78. The summed E-state index contributed by atoms with van der Waals surface area (Å²) < 4.78 is 5.57. The number of nitrogens with one attached hydrogen (secondary N) is 2. The predicted molar refractivity (Wildman–Crippen MR) is 100 cm³/mol. The largest absolute Gasteiger partial charge is 0.416 e. The third kappa shape index (κ3) is 6.87. The van der Waals surface area contributed by atoms with Gasteiger partial charge in [0.05, 0.1) is 5.75 Å². The molecule has 1 atom stereocenters. The second kappa shape index (κ2) is 8.84. The van der Waals surface area contributed by atoms with Gasteiger partial charge in [-0.05, 0) is 32.3 Å². The van der Waals surface area contributed by atoms with Gasteiger partial charge in [-0.2, -0.15) is 0 Å². The molecule has 26 heavy (non-hydrogen) atoms. The van der Waals surface area contributed by atoms with E-state index in [2.05, 4.69) is 39.9 Å². The molecule has 0 bridgehead atoms. The monoisotopic (exact) mass is 376 g/mol. The van der Waals surface area contributed by atoms with Crippen LogP contribution in [0.4, 0.5) is 4.79 Å². The van der Waals surface area contributed by atoms with E-state index in [1.54, 1.807) is 0 Å². The molecule has 0 fully saturated rings. The van der Waals surface area contributed by atoms with Gasteiger partial charge in [0, 0.05) is 12.0 Å². The van der Waals surface area contributed by atoms with Gasteiger partial charge in [0.2, 0.25) is 11.8 Å². The molecule has 1 aromatic heterocycles. The summed E-state index contributed by atoms with van der Waals surface area (Å²) in [6.07, 6.45) is 0.623. The molecule has 3 amide bonds. The topological polar surface area (TPSA) is 97.1 Å². The summed E-state index contributed by atoms with van der Waals surface area (Å²) in [5, 5.41) is 13.2. The van der Waals surface area contributed by atoms with Gasteiger partial charge in [-0.3, -0.25) is 10.1 Å². The standard InChI is InChI=1S/C18H24N4O3S/c1-12(13-8-6-5-7-9-13)10-15-21-22-17(25-15)26-11-14(23)19-16(24)20-18(2,3)4/h5-9,12H,10-11H2,1-4H3,(H2,19,20,23,24). The first-order chi connectivity index (χ1) is 12.2. The first-order valence-electron chi connectivity index (χ1n) is 8.35. The second-order valence-electron chi connectivity index (χ2n) is 7.02. The molecule has 0 aliphatic rings. The number of benzene rings is 1. The Kier molecular flexibility index (Phi) is 6.79. The molecular formula is C18H24N4O3S. The van der Waals surface area contributed by atoms with Gasteiger partial charge in [0.25, 0.3) is 5.22 Å². The van der Waals surface area contributed by atoms with Crippen LogP contribution in [0.2, 0.25) is 0 Å². The van der Waals surface area contributed by atoms with E-state index in [1.807, 2.05) is 39.0 Å². The van der Waals surface area contributed by atoms with Crippen LogP contribution < -0.4 is 10.6 Å². The van der Waals surface area contributed by atoms with E-state index in [0.717, 1.165) is 11.8 Å². The lowest BCUT2D eigenvalue weighted by molar-refractivity contribution is -0.117. The molecule has 2 rings (SSSR count). The van der Waals surface area contributed by atoms with E-state index < -0.39 is 17.5 Å². The van der Waals surface area contributed by atoms with Gasteiger partial charge in [0.1, 0.15) is 0 Å². The minimum absolute atomic E-state index is 0.0213. The zero-order chi connectivity index (χ0) is 19.2.